The monoisotopic (exact) mass is 708 g/mol. The maximum atomic E-state index is 15.2. The second-order valence-corrected chi connectivity index (χ2v) is 11.8. The van der Waals surface area contributed by atoms with Crippen LogP contribution in [0.25, 0.3) is 11.3 Å². The molecule has 5 rings (SSSR count). The molecule has 0 amide bonds. The highest BCUT2D eigenvalue weighted by Gasteiger charge is 2.43. The number of benzene rings is 3. The molecule has 0 fully saturated rings. The van der Waals surface area contributed by atoms with E-state index in [1.165, 1.54) is 16.0 Å². The molecule has 46 heavy (non-hydrogen) atoms. The highest BCUT2D eigenvalue weighted by Crippen LogP contribution is 2.41. The summed E-state index contributed by atoms with van der Waals surface area (Å²) in [7, 11) is 0. The molecule has 13 heteroatoms. The van der Waals surface area contributed by atoms with Gasteiger partial charge in [-0.15, -0.1) is 16.0 Å². The van der Waals surface area contributed by atoms with Crippen LogP contribution in [0.5, 0.6) is 5.75 Å². The Kier molecular flexibility index (Phi) is 10.8. The number of carbonyl (C=O) groups is 1. The Morgan fingerprint density at radius 3 is 2.52 bits per heavy atom. The number of thiazole rings is 1. The number of carbonyl (C=O) groups excluding carboxylic acids is 1. The van der Waals surface area contributed by atoms with E-state index in [0.717, 1.165) is 40.5 Å². The number of esters is 1. The van der Waals surface area contributed by atoms with Crippen molar-refractivity contribution >= 4 is 17.3 Å². The van der Waals surface area contributed by atoms with E-state index in [1.807, 2.05) is 31.4 Å². The first-order valence-electron chi connectivity index (χ1n) is 14.1. The first-order valence-corrected chi connectivity index (χ1v) is 14.9. The molecular weight excluding hydrogens is 678 g/mol. The lowest BCUT2D eigenvalue weighted by molar-refractivity contribution is -0.689. The summed E-state index contributed by atoms with van der Waals surface area (Å²) >= 11 is 1.29. The lowest BCUT2D eigenvalue weighted by Crippen LogP contribution is -3.00. The molecule has 2 aromatic heterocycles. The van der Waals surface area contributed by atoms with E-state index in [-0.39, 0.29) is 35.6 Å². The third kappa shape index (κ3) is 7.37. The fraction of sp³-hybridized carbons (Fsp3) is 0.242. The fourth-order valence-electron chi connectivity index (χ4n) is 5.26. The van der Waals surface area contributed by atoms with Gasteiger partial charge >= 0.3 is 5.97 Å². The largest absolute Gasteiger partial charge is 1.00 e. The van der Waals surface area contributed by atoms with Crippen molar-refractivity contribution in [3.63, 3.8) is 0 Å². The second kappa shape index (κ2) is 14.4. The lowest BCUT2D eigenvalue weighted by atomic mass is 9.82. The SMILES string of the molecule is Cc1cc(C[n+]2cnn(CC(O)(c3cc(F)ccc3F)C(C)c3nc(-c4ccc(C#N)cc4)cs3)c2)cc(C)c1OC(=O)CN.[Br-]. The Morgan fingerprint density at radius 1 is 1.17 bits per heavy atom. The van der Waals surface area contributed by atoms with Gasteiger partial charge in [-0.25, -0.2) is 18.3 Å². The maximum Gasteiger partial charge on any atom is 0.325 e. The molecule has 0 saturated heterocycles. The Balaban J connectivity index is 0.00000480. The van der Waals surface area contributed by atoms with Gasteiger partial charge in [0.1, 0.15) is 29.5 Å². The first-order chi connectivity index (χ1) is 21.5. The highest BCUT2D eigenvalue weighted by atomic mass is 79.9. The molecule has 3 N–H and O–H groups in total. The van der Waals surface area contributed by atoms with Crippen LogP contribution in [-0.4, -0.2) is 32.4 Å². The summed E-state index contributed by atoms with van der Waals surface area (Å²) in [6.45, 7) is 5.39. The number of aliphatic hydroxyl groups is 1. The van der Waals surface area contributed by atoms with Crippen LogP contribution in [0.15, 0.2) is 72.6 Å². The van der Waals surface area contributed by atoms with E-state index in [4.69, 9.17) is 20.7 Å². The van der Waals surface area contributed by atoms with Crippen molar-refractivity contribution < 1.29 is 45.0 Å². The van der Waals surface area contributed by atoms with E-state index in [2.05, 4.69) is 11.2 Å². The van der Waals surface area contributed by atoms with Crippen LogP contribution in [0.4, 0.5) is 8.78 Å². The number of ether oxygens (including phenoxy) is 1. The topological polar surface area (TPSA) is 131 Å². The van der Waals surface area contributed by atoms with Crippen molar-refractivity contribution in [2.45, 2.75) is 45.4 Å². The standard InChI is InChI=1S/C33H31F2N6O3S.BrH/c1-20-10-24(11-21(2)31(20)44-30(42)14-37)15-40-18-38-41(19-40)17-33(43,27-12-26(34)8-9-28(27)35)22(3)32-39-29(16-45-32)25-6-4-23(13-36)5-7-25;/h4-12,16,18-19,22,43H,14-15,17,37H2,1-3H3;1H/q+1;/p-1. The number of nitrogens with zero attached hydrogens (tertiary/aromatic N) is 5. The zero-order valence-corrected chi connectivity index (χ0v) is 27.6. The Morgan fingerprint density at radius 2 is 1.87 bits per heavy atom. The van der Waals surface area contributed by atoms with E-state index < -0.39 is 29.1 Å². The summed E-state index contributed by atoms with van der Waals surface area (Å²) in [4.78, 5) is 16.4. The molecule has 9 nitrogen and oxygen atoms in total. The van der Waals surface area contributed by atoms with Gasteiger partial charge in [-0.05, 0) is 73.0 Å². The van der Waals surface area contributed by atoms with Crippen LogP contribution >= 0.6 is 11.3 Å². The molecule has 2 unspecified atom stereocenters. The molecule has 0 bridgehead atoms. The summed E-state index contributed by atoms with van der Waals surface area (Å²) < 4.78 is 38.3. The number of aryl methyl sites for hydroxylation is 2. The minimum atomic E-state index is -1.93. The maximum absolute atomic E-state index is 15.2. The normalized spacial score (nSPS) is 12.9. The van der Waals surface area contributed by atoms with Crippen LogP contribution < -0.4 is 32.0 Å². The zero-order valence-electron chi connectivity index (χ0n) is 25.2. The number of hydrogen-bond donors (Lipinski definition) is 2. The first kappa shape index (κ1) is 34.5. The van der Waals surface area contributed by atoms with Gasteiger partial charge in [-0.3, -0.25) is 4.79 Å². The molecule has 5 aromatic rings. The highest BCUT2D eigenvalue weighted by molar-refractivity contribution is 7.10. The molecule has 0 aliphatic carbocycles. The Bertz CT molecular complexity index is 1880. The molecule has 2 atom stereocenters. The van der Waals surface area contributed by atoms with Crippen molar-refractivity contribution in [2.24, 2.45) is 5.73 Å². The van der Waals surface area contributed by atoms with E-state index in [0.29, 0.717) is 28.6 Å². The molecule has 0 aliphatic heterocycles. The van der Waals surface area contributed by atoms with Gasteiger partial charge in [0.15, 0.2) is 0 Å². The summed E-state index contributed by atoms with van der Waals surface area (Å²) in [5, 5.41) is 28.1. The van der Waals surface area contributed by atoms with Gasteiger partial charge in [0, 0.05) is 27.5 Å². The van der Waals surface area contributed by atoms with Gasteiger partial charge in [-0.1, -0.05) is 19.1 Å². The third-order valence-electron chi connectivity index (χ3n) is 7.61. The number of hydrogen-bond acceptors (Lipinski definition) is 8. The molecule has 238 valence electrons. The van der Waals surface area contributed by atoms with Crippen LogP contribution in [0.2, 0.25) is 0 Å². The summed E-state index contributed by atoms with van der Waals surface area (Å²) in [6.07, 6.45) is 3.25. The Hall–Kier alpha value is -4.35. The van der Waals surface area contributed by atoms with Crippen molar-refractivity contribution in [1.82, 2.24) is 14.8 Å². The average molecular weight is 710 g/mol. The molecule has 0 radical (unpaired) electrons. The van der Waals surface area contributed by atoms with Crippen molar-refractivity contribution in [3.8, 4) is 23.1 Å². The quantitative estimate of drug-likeness (QED) is 0.128. The average Bonchev–Trinajstić information content (AvgIpc) is 3.69. The van der Waals surface area contributed by atoms with Gasteiger partial charge in [0.25, 0.3) is 6.33 Å². The number of halogens is 3. The predicted molar refractivity (Wildman–Crippen MR) is 163 cm³/mol. The van der Waals surface area contributed by atoms with Crippen molar-refractivity contribution in [2.75, 3.05) is 6.54 Å². The van der Waals surface area contributed by atoms with Crippen LogP contribution in [0, 0.1) is 36.8 Å². The molecule has 0 saturated carbocycles. The smallest absolute Gasteiger partial charge is 0.325 e. The van der Waals surface area contributed by atoms with E-state index in [9.17, 15) is 14.3 Å². The van der Waals surface area contributed by atoms with E-state index >= 15 is 4.39 Å². The summed E-state index contributed by atoms with van der Waals surface area (Å²) in [6, 6.07) is 15.8. The molecule has 0 aliphatic rings. The predicted octanol–water partition coefficient (Wildman–Crippen LogP) is 1.67. The zero-order chi connectivity index (χ0) is 32.3. The van der Waals surface area contributed by atoms with Gasteiger partial charge in [0.05, 0.1) is 35.4 Å². The van der Waals surface area contributed by atoms with Crippen LogP contribution in [0.3, 0.4) is 0 Å². The minimum Gasteiger partial charge on any atom is -1.00 e. The molecule has 2 heterocycles. The fourth-order valence-corrected chi connectivity index (χ4v) is 6.23. The van der Waals surface area contributed by atoms with Gasteiger partial charge < -0.3 is 32.6 Å². The number of rotatable bonds is 10. The van der Waals surface area contributed by atoms with Crippen molar-refractivity contribution in [1.29, 1.82) is 5.26 Å². The lowest BCUT2D eigenvalue weighted by Gasteiger charge is -2.32. The Labute approximate surface area is 279 Å². The van der Waals surface area contributed by atoms with Crippen LogP contribution in [-0.2, 0) is 23.5 Å². The molecule has 3 aromatic carbocycles. The third-order valence-corrected chi connectivity index (χ3v) is 8.64. The summed E-state index contributed by atoms with van der Waals surface area (Å²) in [5.74, 6) is -2.26. The van der Waals surface area contributed by atoms with Gasteiger partial charge in [-0.2, -0.15) is 5.26 Å². The molecular formula is C33H31BrF2N6O3S. The number of aromatic nitrogens is 4. The van der Waals surface area contributed by atoms with Gasteiger partial charge in [0.2, 0.25) is 6.33 Å². The number of nitriles is 1. The second-order valence-electron chi connectivity index (χ2n) is 10.9. The van der Waals surface area contributed by atoms with E-state index in [1.54, 1.807) is 48.4 Å². The number of nitrogens with two attached hydrogens (primary N) is 1. The van der Waals surface area contributed by atoms with Crippen LogP contribution in [0.1, 0.15) is 45.7 Å². The minimum absolute atomic E-state index is 0. The van der Waals surface area contributed by atoms with Crippen molar-refractivity contribution in [3.05, 3.63) is 117 Å². The summed E-state index contributed by atoms with van der Waals surface area (Å²) in [5.41, 5.74) is 7.64. The molecule has 0 spiro atoms.